The van der Waals surface area contributed by atoms with Gasteiger partial charge in [-0.3, -0.25) is 9.79 Å². The van der Waals surface area contributed by atoms with Gasteiger partial charge in [0.1, 0.15) is 9.84 Å². The zero-order valence-corrected chi connectivity index (χ0v) is 16.6. The fourth-order valence-electron chi connectivity index (χ4n) is 2.16. The second kappa shape index (κ2) is 10.2. The molecule has 1 unspecified atom stereocenters. The molecule has 0 spiro atoms. The average molecular weight is 446 g/mol. The normalized spacial score (nSPS) is 18.8. The first kappa shape index (κ1) is 21.4. The average Bonchev–Trinajstić information content (AvgIpc) is 2.85. The number of carbonyl (C=O) groups excluding carboxylic acids is 1. The molecular weight excluding hydrogens is 419 g/mol. The summed E-state index contributed by atoms with van der Waals surface area (Å²) in [5.41, 5.74) is 0. The summed E-state index contributed by atoms with van der Waals surface area (Å²) in [7, 11) is -3.00. The summed E-state index contributed by atoms with van der Waals surface area (Å²) in [6.45, 7) is 6.18. The van der Waals surface area contributed by atoms with Crippen molar-refractivity contribution in [3.05, 3.63) is 0 Å². The Balaban J connectivity index is 0.00000441. The smallest absolute Gasteiger partial charge is 0.222 e. The van der Waals surface area contributed by atoms with Crippen LogP contribution >= 0.6 is 24.0 Å². The second-order valence-electron chi connectivity index (χ2n) is 5.21. The predicted octanol–water partition coefficient (Wildman–Crippen LogP) is 0.215. The number of rotatable bonds is 6. The van der Waals surface area contributed by atoms with Crippen LogP contribution in [0.3, 0.4) is 0 Å². The number of hydrogen-bond donors (Lipinski definition) is 2. The van der Waals surface area contributed by atoms with Crippen LogP contribution in [0.1, 0.15) is 26.7 Å². The summed E-state index contributed by atoms with van der Waals surface area (Å²) in [6.07, 6.45) is 2.60. The first-order chi connectivity index (χ1) is 9.85. The van der Waals surface area contributed by atoms with Crippen LogP contribution in [0.2, 0.25) is 0 Å². The van der Waals surface area contributed by atoms with Gasteiger partial charge in [0.15, 0.2) is 5.96 Å². The van der Waals surface area contributed by atoms with Crippen LogP contribution in [-0.2, 0) is 14.6 Å². The molecule has 1 aliphatic rings. The summed E-state index contributed by atoms with van der Waals surface area (Å²) in [6, 6.07) is 0.163. The molecule has 7 nitrogen and oxygen atoms in total. The molecule has 1 saturated heterocycles. The van der Waals surface area contributed by atoms with E-state index < -0.39 is 9.84 Å². The van der Waals surface area contributed by atoms with E-state index in [0.29, 0.717) is 25.5 Å². The van der Waals surface area contributed by atoms with Gasteiger partial charge in [0.25, 0.3) is 0 Å². The van der Waals surface area contributed by atoms with Gasteiger partial charge in [-0.05, 0) is 13.3 Å². The van der Waals surface area contributed by atoms with Crippen molar-refractivity contribution in [2.75, 3.05) is 38.2 Å². The highest BCUT2D eigenvalue weighted by Crippen LogP contribution is 2.10. The number of sulfone groups is 1. The van der Waals surface area contributed by atoms with E-state index in [-0.39, 0.29) is 48.2 Å². The van der Waals surface area contributed by atoms with Gasteiger partial charge in [-0.15, -0.1) is 24.0 Å². The summed E-state index contributed by atoms with van der Waals surface area (Å²) in [5, 5.41) is 6.36. The summed E-state index contributed by atoms with van der Waals surface area (Å²) < 4.78 is 22.2. The van der Waals surface area contributed by atoms with Crippen molar-refractivity contribution in [3.8, 4) is 0 Å². The lowest BCUT2D eigenvalue weighted by Crippen LogP contribution is -2.45. The number of halogens is 1. The Morgan fingerprint density at radius 3 is 2.59 bits per heavy atom. The van der Waals surface area contributed by atoms with Crippen molar-refractivity contribution in [2.45, 2.75) is 32.7 Å². The highest BCUT2D eigenvalue weighted by molar-refractivity contribution is 14.0. The van der Waals surface area contributed by atoms with Crippen LogP contribution in [0.4, 0.5) is 0 Å². The number of carbonyl (C=O) groups is 1. The minimum absolute atomic E-state index is 0. The van der Waals surface area contributed by atoms with Crippen LogP contribution < -0.4 is 10.6 Å². The molecule has 0 bridgehead atoms. The molecule has 0 aliphatic carbocycles. The van der Waals surface area contributed by atoms with Crippen molar-refractivity contribution >= 4 is 45.7 Å². The van der Waals surface area contributed by atoms with Crippen molar-refractivity contribution in [3.63, 3.8) is 0 Å². The summed E-state index contributed by atoms with van der Waals surface area (Å²) in [5.74, 6) is 0.810. The molecule has 0 radical (unpaired) electrons. The van der Waals surface area contributed by atoms with Gasteiger partial charge in [0.05, 0.1) is 12.3 Å². The Morgan fingerprint density at radius 2 is 2.05 bits per heavy atom. The van der Waals surface area contributed by atoms with Crippen LogP contribution in [0.25, 0.3) is 0 Å². The molecule has 22 heavy (non-hydrogen) atoms. The third-order valence-electron chi connectivity index (χ3n) is 3.26. The SMILES string of the molecule is CCNC(=NCCS(C)(=O)=O)NC1CCN(C(=O)CC)C1.I. The first-order valence-corrected chi connectivity index (χ1v) is 9.42. The minimum Gasteiger partial charge on any atom is -0.357 e. The molecule has 1 rings (SSSR count). The van der Waals surface area contributed by atoms with Crippen molar-refractivity contribution in [1.29, 1.82) is 0 Å². The molecule has 1 aliphatic heterocycles. The fraction of sp³-hybridized carbons (Fsp3) is 0.846. The maximum absolute atomic E-state index is 11.6. The predicted molar refractivity (Wildman–Crippen MR) is 99.5 cm³/mol. The van der Waals surface area contributed by atoms with Crippen molar-refractivity contribution in [1.82, 2.24) is 15.5 Å². The first-order valence-electron chi connectivity index (χ1n) is 7.36. The Morgan fingerprint density at radius 1 is 1.36 bits per heavy atom. The molecule has 2 N–H and O–H groups in total. The van der Waals surface area contributed by atoms with Gasteiger partial charge < -0.3 is 15.5 Å². The fourth-order valence-corrected chi connectivity index (χ4v) is 2.59. The molecule has 1 amide bonds. The quantitative estimate of drug-likeness (QED) is 0.346. The third-order valence-corrected chi connectivity index (χ3v) is 4.18. The third kappa shape index (κ3) is 8.16. The number of likely N-dealkylation sites (tertiary alicyclic amines) is 1. The van der Waals surface area contributed by atoms with E-state index >= 15 is 0 Å². The van der Waals surface area contributed by atoms with Crippen LogP contribution in [0.5, 0.6) is 0 Å². The van der Waals surface area contributed by atoms with E-state index in [1.165, 1.54) is 6.26 Å². The molecule has 130 valence electrons. The largest absolute Gasteiger partial charge is 0.357 e. The highest BCUT2D eigenvalue weighted by Gasteiger charge is 2.25. The standard InChI is InChI=1S/C13H26N4O3S.HI/c1-4-12(18)17-8-6-11(10-17)16-13(14-5-2)15-7-9-21(3,19)20;/h11H,4-10H2,1-3H3,(H2,14,15,16);1H. The lowest BCUT2D eigenvalue weighted by atomic mass is 10.3. The van der Waals surface area contributed by atoms with E-state index in [9.17, 15) is 13.2 Å². The Labute approximate surface area is 150 Å². The Bertz CT molecular complexity index is 482. The molecule has 1 fully saturated rings. The second-order valence-corrected chi connectivity index (χ2v) is 7.47. The summed E-state index contributed by atoms with van der Waals surface area (Å²) in [4.78, 5) is 17.7. The Hall–Kier alpha value is -0.580. The lowest BCUT2D eigenvalue weighted by molar-refractivity contribution is -0.129. The number of nitrogens with zero attached hydrogens (tertiary/aromatic N) is 2. The molecule has 0 aromatic carbocycles. The molecule has 0 aromatic heterocycles. The zero-order valence-electron chi connectivity index (χ0n) is 13.5. The summed E-state index contributed by atoms with van der Waals surface area (Å²) >= 11 is 0. The monoisotopic (exact) mass is 446 g/mol. The molecule has 0 saturated carbocycles. The molecule has 0 aromatic rings. The van der Waals surface area contributed by atoms with E-state index in [2.05, 4.69) is 15.6 Å². The van der Waals surface area contributed by atoms with Crippen LogP contribution in [0.15, 0.2) is 4.99 Å². The molecule has 9 heteroatoms. The van der Waals surface area contributed by atoms with Gasteiger partial charge in [-0.1, -0.05) is 6.92 Å². The zero-order chi connectivity index (χ0) is 15.9. The van der Waals surface area contributed by atoms with Crippen LogP contribution in [-0.4, -0.2) is 69.4 Å². The van der Waals surface area contributed by atoms with Crippen molar-refractivity contribution < 1.29 is 13.2 Å². The maximum Gasteiger partial charge on any atom is 0.222 e. The van der Waals surface area contributed by atoms with Gasteiger partial charge in [0, 0.05) is 38.4 Å². The number of guanidine groups is 1. The lowest BCUT2D eigenvalue weighted by Gasteiger charge is -2.18. The van der Waals surface area contributed by atoms with Crippen molar-refractivity contribution in [2.24, 2.45) is 4.99 Å². The molecule has 1 heterocycles. The minimum atomic E-state index is -3.00. The number of aliphatic imine (C=N–C) groups is 1. The van der Waals surface area contributed by atoms with E-state index in [0.717, 1.165) is 13.0 Å². The van der Waals surface area contributed by atoms with Gasteiger partial charge >= 0.3 is 0 Å². The van der Waals surface area contributed by atoms with E-state index in [1.54, 1.807) is 0 Å². The molecular formula is C13H27IN4O3S. The number of amides is 1. The Kier molecular flexibility index (Phi) is 9.97. The number of hydrogen-bond acceptors (Lipinski definition) is 4. The topological polar surface area (TPSA) is 90.9 Å². The number of nitrogens with one attached hydrogen (secondary N) is 2. The van der Waals surface area contributed by atoms with E-state index in [1.807, 2.05) is 18.7 Å². The van der Waals surface area contributed by atoms with Gasteiger partial charge in [0.2, 0.25) is 5.91 Å². The highest BCUT2D eigenvalue weighted by atomic mass is 127. The van der Waals surface area contributed by atoms with Gasteiger partial charge in [-0.25, -0.2) is 8.42 Å². The van der Waals surface area contributed by atoms with E-state index in [4.69, 9.17) is 0 Å². The molecule has 1 atom stereocenters. The van der Waals surface area contributed by atoms with Crippen LogP contribution in [0, 0.1) is 0 Å². The van der Waals surface area contributed by atoms with Gasteiger partial charge in [-0.2, -0.15) is 0 Å². The maximum atomic E-state index is 11.6.